The molecule has 0 heterocycles. The molecule has 0 rings (SSSR count). The Morgan fingerprint density at radius 3 is 1.30 bits per heavy atom. The largest absolute Gasteiger partial charge is 0.353 e. The van der Waals surface area contributed by atoms with Crippen molar-refractivity contribution in [2.45, 2.75) is 38.8 Å². The van der Waals surface area contributed by atoms with Crippen LogP contribution in [0.5, 0.6) is 0 Å². The van der Waals surface area contributed by atoms with Crippen LogP contribution in [-0.2, 0) is 19.2 Å². The van der Waals surface area contributed by atoms with Crippen molar-refractivity contribution in [1.82, 2.24) is 26.6 Å². The lowest BCUT2D eigenvalue weighted by Crippen LogP contribution is -2.56. The fraction of sp³-hybridized carbons (Fsp3) is 0.750. The Morgan fingerprint density at radius 1 is 0.667 bits per heavy atom. The Morgan fingerprint density at radius 2 is 1.00 bits per heavy atom. The zero-order valence-electron chi connectivity index (χ0n) is 16.1. The summed E-state index contributed by atoms with van der Waals surface area (Å²) >= 11 is 10.8. The van der Waals surface area contributed by atoms with E-state index in [0.29, 0.717) is 26.2 Å². The van der Waals surface area contributed by atoms with E-state index in [0.717, 1.165) is 0 Å². The monoisotopic (exact) mass is 425 g/mol. The van der Waals surface area contributed by atoms with Gasteiger partial charge in [0, 0.05) is 26.2 Å². The molecular weight excluding hydrogens is 397 g/mol. The van der Waals surface area contributed by atoms with Gasteiger partial charge < -0.3 is 26.6 Å². The molecule has 0 spiro atoms. The molecule has 9 nitrogen and oxygen atoms in total. The third-order valence-electron chi connectivity index (χ3n) is 3.46. The summed E-state index contributed by atoms with van der Waals surface area (Å²) < 4.78 is 0. The third kappa shape index (κ3) is 10.4. The molecule has 0 aliphatic heterocycles. The highest BCUT2D eigenvalue weighted by atomic mass is 35.5. The quantitative estimate of drug-likeness (QED) is 0.204. The number of hydrogen-bond donors (Lipinski definition) is 5. The van der Waals surface area contributed by atoms with E-state index in [1.807, 2.05) is 0 Å². The van der Waals surface area contributed by atoms with E-state index in [2.05, 4.69) is 26.6 Å². The number of rotatable bonds is 12. The molecule has 0 aliphatic rings. The maximum Gasteiger partial charge on any atom is 0.245 e. The lowest BCUT2D eigenvalue weighted by Gasteiger charge is -2.25. The van der Waals surface area contributed by atoms with Crippen LogP contribution in [0.1, 0.15) is 27.7 Å². The van der Waals surface area contributed by atoms with Gasteiger partial charge in [0.15, 0.2) is 0 Å². The van der Waals surface area contributed by atoms with Gasteiger partial charge in [0.05, 0.1) is 0 Å². The molecule has 0 fully saturated rings. The van der Waals surface area contributed by atoms with Crippen LogP contribution >= 0.6 is 23.2 Å². The molecule has 11 heteroatoms. The van der Waals surface area contributed by atoms with Gasteiger partial charge in [-0.3, -0.25) is 19.2 Å². The van der Waals surface area contributed by atoms with Crippen molar-refractivity contribution in [2.24, 2.45) is 0 Å². The number of nitrogens with one attached hydrogen (secondary N) is 5. The van der Waals surface area contributed by atoms with Crippen LogP contribution < -0.4 is 26.6 Å². The molecule has 156 valence electrons. The van der Waals surface area contributed by atoms with Gasteiger partial charge in [0.25, 0.3) is 0 Å². The van der Waals surface area contributed by atoms with Crippen LogP contribution in [0.25, 0.3) is 0 Å². The summed E-state index contributed by atoms with van der Waals surface area (Å²) in [5.41, 5.74) is -2.11. The molecule has 0 saturated carbocycles. The fourth-order valence-corrected chi connectivity index (χ4v) is 2.11. The highest BCUT2D eigenvalue weighted by Gasteiger charge is 2.29. The molecule has 0 aliphatic carbocycles. The highest BCUT2D eigenvalue weighted by Crippen LogP contribution is 2.02. The van der Waals surface area contributed by atoms with Crippen molar-refractivity contribution in [3.63, 3.8) is 0 Å². The minimum atomic E-state index is -1.06. The molecule has 0 aromatic rings. The first-order chi connectivity index (χ1) is 12.5. The topological polar surface area (TPSA) is 128 Å². The SMILES string of the molecule is CC(C)(NC(=O)CCl)C(=O)NCCNCCNC(=O)C(C)(C)NC(=O)CCl. The molecule has 0 aromatic heterocycles. The molecule has 0 bridgehead atoms. The molecule has 0 saturated heterocycles. The van der Waals surface area contributed by atoms with E-state index in [9.17, 15) is 19.2 Å². The van der Waals surface area contributed by atoms with Crippen molar-refractivity contribution >= 4 is 46.8 Å². The fourth-order valence-electron chi connectivity index (χ4n) is 1.97. The standard InChI is InChI=1S/C16H29Cl2N5O4/c1-15(2,22-11(24)9-17)13(26)20-7-5-19-6-8-21-14(27)16(3,4)23-12(25)10-18/h19H,5-10H2,1-4H3,(H,20,26)(H,21,27)(H,22,24)(H,23,25). The second kappa shape index (κ2) is 12.0. The van der Waals surface area contributed by atoms with Gasteiger partial charge in [-0.2, -0.15) is 0 Å². The van der Waals surface area contributed by atoms with Gasteiger partial charge in [-0.25, -0.2) is 0 Å². The van der Waals surface area contributed by atoms with Gasteiger partial charge >= 0.3 is 0 Å². The molecule has 0 aromatic carbocycles. The third-order valence-corrected chi connectivity index (χ3v) is 3.94. The number of alkyl halides is 2. The summed E-state index contributed by atoms with van der Waals surface area (Å²) in [4.78, 5) is 46.6. The van der Waals surface area contributed by atoms with Gasteiger partial charge in [0.1, 0.15) is 22.8 Å². The van der Waals surface area contributed by atoms with Crippen LogP contribution in [0.15, 0.2) is 0 Å². The lowest BCUT2D eigenvalue weighted by molar-refractivity contribution is -0.131. The molecule has 4 amide bonds. The number of carbonyl (C=O) groups is 4. The number of hydrogen-bond acceptors (Lipinski definition) is 5. The normalized spacial score (nSPS) is 11.5. The van der Waals surface area contributed by atoms with Crippen molar-refractivity contribution in [2.75, 3.05) is 37.9 Å². The Bertz CT molecular complexity index is 495. The van der Waals surface area contributed by atoms with Gasteiger partial charge in [0.2, 0.25) is 23.6 Å². The van der Waals surface area contributed by atoms with E-state index >= 15 is 0 Å². The van der Waals surface area contributed by atoms with E-state index < -0.39 is 22.9 Å². The Kier molecular flexibility index (Phi) is 11.3. The summed E-state index contributed by atoms with van der Waals surface area (Å²) in [6.07, 6.45) is 0. The Balaban J connectivity index is 3.98. The van der Waals surface area contributed by atoms with E-state index in [-0.39, 0.29) is 23.6 Å². The van der Waals surface area contributed by atoms with Crippen molar-refractivity contribution in [3.8, 4) is 0 Å². The number of carbonyl (C=O) groups excluding carboxylic acids is 4. The van der Waals surface area contributed by atoms with Crippen LogP contribution in [0.2, 0.25) is 0 Å². The van der Waals surface area contributed by atoms with Gasteiger partial charge in [-0.1, -0.05) is 0 Å². The van der Waals surface area contributed by atoms with Crippen LogP contribution in [-0.4, -0.2) is 72.6 Å². The van der Waals surface area contributed by atoms with Crippen molar-refractivity contribution < 1.29 is 19.2 Å². The molecule has 5 N–H and O–H groups in total. The summed E-state index contributed by atoms with van der Waals surface area (Å²) in [6, 6.07) is 0. The molecular formula is C16H29Cl2N5O4. The first-order valence-corrected chi connectivity index (χ1v) is 9.54. The average molecular weight is 426 g/mol. The lowest BCUT2D eigenvalue weighted by atomic mass is 10.0. The van der Waals surface area contributed by atoms with E-state index in [1.54, 1.807) is 27.7 Å². The summed E-state index contributed by atoms with van der Waals surface area (Å²) in [7, 11) is 0. The maximum absolute atomic E-state index is 12.0. The summed E-state index contributed by atoms with van der Waals surface area (Å²) in [5.74, 6) is -1.92. The molecule has 0 radical (unpaired) electrons. The Labute approximate surface area is 169 Å². The molecule has 0 atom stereocenters. The average Bonchev–Trinajstić information content (AvgIpc) is 2.59. The molecule has 0 unspecified atom stereocenters. The predicted molar refractivity (Wildman–Crippen MR) is 105 cm³/mol. The summed E-state index contributed by atoms with van der Waals surface area (Å²) in [5, 5.41) is 13.5. The minimum Gasteiger partial charge on any atom is -0.353 e. The molecule has 27 heavy (non-hydrogen) atoms. The first-order valence-electron chi connectivity index (χ1n) is 8.47. The van der Waals surface area contributed by atoms with Crippen LogP contribution in [0.3, 0.4) is 0 Å². The second-order valence-electron chi connectivity index (χ2n) is 6.88. The maximum atomic E-state index is 12.0. The van der Waals surface area contributed by atoms with Crippen molar-refractivity contribution in [1.29, 1.82) is 0 Å². The van der Waals surface area contributed by atoms with Gasteiger partial charge in [-0.15, -0.1) is 23.2 Å². The van der Waals surface area contributed by atoms with Crippen molar-refractivity contribution in [3.05, 3.63) is 0 Å². The summed E-state index contributed by atoms with van der Waals surface area (Å²) in [6.45, 7) is 8.00. The predicted octanol–water partition coefficient (Wildman–Crippen LogP) is -0.924. The zero-order valence-corrected chi connectivity index (χ0v) is 17.6. The minimum absolute atomic E-state index is 0.212. The number of amides is 4. The van der Waals surface area contributed by atoms with Crippen LogP contribution in [0.4, 0.5) is 0 Å². The smallest absolute Gasteiger partial charge is 0.245 e. The van der Waals surface area contributed by atoms with Gasteiger partial charge in [-0.05, 0) is 27.7 Å². The number of halogens is 2. The van der Waals surface area contributed by atoms with Crippen LogP contribution in [0, 0.1) is 0 Å². The first kappa shape index (κ1) is 25.4. The second-order valence-corrected chi connectivity index (χ2v) is 7.41. The van der Waals surface area contributed by atoms with E-state index in [4.69, 9.17) is 23.2 Å². The highest BCUT2D eigenvalue weighted by molar-refractivity contribution is 6.27. The van der Waals surface area contributed by atoms with E-state index in [1.165, 1.54) is 0 Å². The Hall–Kier alpha value is -1.58. The zero-order chi connectivity index (χ0) is 21.1.